The number of fused-ring (bicyclic) bond motifs is 4. The molecule has 0 aromatic rings. The molecule has 0 aliphatic heterocycles. The Balaban J connectivity index is 0.000000527. The van der Waals surface area contributed by atoms with Crippen molar-refractivity contribution in [2.45, 2.75) is 119 Å². The lowest BCUT2D eigenvalue weighted by molar-refractivity contribution is -0.169. The van der Waals surface area contributed by atoms with E-state index in [1.54, 1.807) is 44.9 Å². The number of hydrogen-bond donors (Lipinski definition) is 0. The molecule has 0 radical (unpaired) electrons. The first-order valence-corrected chi connectivity index (χ1v) is 13.6. The van der Waals surface area contributed by atoms with Crippen LogP contribution in [0.4, 0.5) is 0 Å². The van der Waals surface area contributed by atoms with Crippen LogP contribution >= 0.6 is 0 Å². The molecule has 1 spiro atoms. The standard InChI is InChI=1S/C25H42.C2H6.2C2H2/c1-17-9-14-24(4)21-11-15-25-12-5-6-18(2)20(25)7-8-22(25)19(21)10-13-23(24,3)16-17;3*1-2/h17-22H,5-16H2,1-4H3;1-2H3;2*1-2H/t17-,18?,19?,20?,21?,22?,23?,24?,25?;;;/m1.../s1. The molecule has 8 unspecified atom stereocenters. The molecule has 5 fully saturated rings. The molecule has 0 bridgehead atoms. The lowest BCUT2D eigenvalue weighted by Crippen LogP contribution is -2.58. The zero-order chi connectivity index (χ0) is 23.4. The largest absolute Gasteiger partial charge is 0.124 e. The van der Waals surface area contributed by atoms with E-state index in [-0.39, 0.29) is 0 Å². The Labute approximate surface area is 196 Å². The van der Waals surface area contributed by atoms with Crippen LogP contribution in [0.3, 0.4) is 0 Å². The van der Waals surface area contributed by atoms with Gasteiger partial charge in [0.2, 0.25) is 0 Å². The maximum absolute atomic E-state index is 4.00. The van der Waals surface area contributed by atoms with Gasteiger partial charge in [-0.2, -0.15) is 0 Å². The van der Waals surface area contributed by atoms with Crippen LogP contribution in [0.1, 0.15) is 119 Å². The molecule has 5 saturated carbocycles. The van der Waals surface area contributed by atoms with Gasteiger partial charge in [-0.3, -0.25) is 0 Å². The Bertz CT molecular complexity index is 606. The van der Waals surface area contributed by atoms with Crippen molar-refractivity contribution in [2.75, 3.05) is 0 Å². The summed E-state index contributed by atoms with van der Waals surface area (Å²) in [6.07, 6.45) is 34.7. The minimum absolute atomic E-state index is 0.647. The fraction of sp³-hybridized carbons (Fsp3) is 0.871. The van der Waals surface area contributed by atoms with Gasteiger partial charge in [0.05, 0.1) is 0 Å². The zero-order valence-corrected chi connectivity index (χ0v) is 21.8. The maximum Gasteiger partial charge on any atom is -0.0235 e. The quantitative estimate of drug-likeness (QED) is 0.340. The second-order valence-electron chi connectivity index (χ2n) is 12.1. The monoisotopic (exact) mass is 424 g/mol. The molecule has 5 aliphatic carbocycles. The summed E-state index contributed by atoms with van der Waals surface area (Å²) in [5, 5.41) is 0. The van der Waals surface area contributed by atoms with Crippen molar-refractivity contribution in [2.24, 2.45) is 51.8 Å². The highest BCUT2D eigenvalue weighted by molar-refractivity contribution is 5.14. The van der Waals surface area contributed by atoms with E-state index >= 15 is 0 Å². The fourth-order valence-electron chi connectivity index (χ4n) is 10.1. The smallest absolute Gasteiger partial charge is 0.0235 e. The predicted molar refractivity (Wildman–Crippen MR) is 137 cm³/mol. The van der Waals surface area contributed by atoms with Gasteiger partial charge in [0.25, 0.3) is 0 Å². The maximum atomic E-state index is 4.00. The minimum atomic E-state index is 0.647. The van der Waals surface area contributed by atoms with Crippen molar-refractivity contribution < 1.29 is 0 Å². The number of rotatable bonds is 0. The lowest BCUT2D eigenvalue weighted by atomic mass is 9.39. The van der Waals surface area contributed by atoms with Crippen LogP contribution < -0.4 is 0 Å². The summed E-state index contributed by atoms with van der Waals surface area (Å²) in [6.45, 7) is 14.6. The summed E-state index contributed by atoms with van der Waals surface area (Å²) in [5.41, 5.74) is 2.10. The summed E-state index contributed by atoms with van der Waals surface area (Å²) in [4.78, 5) is 0. The molecule has 5 rings (SSSR count). The molecule has 31 heavy (non-hydrogen) atoms. The summed E-state index contributed by atoms with van der Waals surface area (Å²) in [5.74, 6) is 6.36. The summed E-state index contributed by atoms with van der Waals surface area (Å²) >= 11 is 0. The van der Waals surface area contributed by atoms with E-state index in [0.29, 0.717) is 10.8 Å². The summed E-state index contributed by atoms with van der Waals surface area (Å²) < 4.78 is 0. The third-order valence-electron chi connectivity index (χ3n) is 11.4. The van der Waals surface area contributed by atoms with E-state index in [1.807, 2.05) is 13.8 Å². The van der Waals surface area contributed by atoms with Crippen molar-refractivity contribution in [1.82, 2.24) is 0 Å². The molecule has 0 amide bonds. The number of terminal acetylenes is 2. The van der Waals surface area contributed by atoms with Crippen LogP contribution in [0, 0.1) is 77.4 Å². The van der Waals surface area contributed by atoms with Crippen LogP contribution in [-0.2, 0) is 0 Å². The van der Waals surface area contributed by atoms with Gasteiger partial charge in [0, 0.05) is 0 Å². The summed E-state index contributed by atoms with van der Waals surface area (Å²) in [6, 6.07) is 0. The van der Waals surface area contributed by atoms with Gasteiger partial charge in [-0.15, -0.1) is 25.7 Å². The van der Waals surface area contributed by atoms with Crippen LogP contribution in [0.25, 0.3) is 0 Å². The highest BCUT2D eigenvalue weighted by Gasteiger charge is 2.64. The van der Waals surface area contributed by atoms with Crippen LogP contribution in [0.5, 0.6) is 0 Å². The molecule has 176 valence electrons. The van der Waals surface area contributed by atoms with Crippen molar-refractivity contribution in [3.8, 4) is 25.7 Å². The molecular formula is C31H52. The van der Waals surface area contributed by atoms with E-state index in [9.17, 15) is 0 Å². The molecule has 9 atom stereocenters. The second kappa shape index (κ2) is 10.4. The average Bonchev–Trinajstić information content (AvgIpc) is 3.20. The Morgan fingerprint density at radius 3 is 1.97 bits per heavy atom. The Morgan fingerprint density at radius 1 is 0.645 bits per heavy atom. The van der Waals surface area contributed by atoms with Crippen LogP contribution in [-0.4, -0.2) is 0 Å². The zero-order valence-electron chi connectivity index (χ0n) is 21.8. The molecule has 0 heterocycles. The Morgan fingerprint density at radius 2 is 1.29 bits per heavy atom. The molecule has 0 N–H and O–H groups in total. The van der Waals surface area contributed by atoms with Gasteiger partial charge in [-0.05, 0) is 110 Å². The topological polar surface area (TPSA) is 0 Å². The molecular weight excluding hydrogens is 372 g/mol. The molecule has 0 aromatic heterocycles. The Hall–Kier alpha value is -0.880. The van der Waals surface area contributed by atoms with E-state index in [0.717, 1.165) is 40.9 Å². The van der Waals surface area contributed by atoms with E-state index in [2.05, 4.69) is 53.4 Å². The van der Waals surface area contributed by atoms with Gasteiger partial charge in [0.15, 0.2) is 0 Å². The van der Waals surface area contributed by atoms with Gasteiger partial charge >= 0.3 is 0 Å². The van der Waals surface area contributed by atoms with E-state index in [1.165, 1.54) is 32.1 Å². The van der Waals surface area contributed by atoms with Crippen LogP contribution in [0.15, 0.2) is 0 Å². The minimum Gasteiger partial charge on any atom is -0.124 e. The van der Waals surface area contributed by atoms with Crippen molar-refractivity contribution in [3.63, 3.8) is 0 Å². The van der Waals surface area contributed by atoms with E-state index in [4.69, 9.17) is 0 Å². The first-order valence-electron chi connectivity index (χ1n) is 13.6. The first kappa shape index (κ1) is 26.4. The third-order valence-corrected chi connectivity index (χ3v) is 11.4. The van der Waals surface area contributed by atoms with Gasteiger partial charge in [0.1, 0.15) is 0 Å². The average molecular weight is 425 g/mol. The van der Waals surface area contributed by atoms with Gasteiger partial charge < -0.3 is 0 Å². The fourth-order valence-corrected chi connectivity index (χ4v) is 10.1. The number of hydrogen-bond acceptors (Lipinski definition) is 0. The SMILES string of the molecule is C#C.C#C.CC.CC1CCCC23CCC4C(CCC5(C)C[C@H](C)CCC45C)C2CCC13. The molecule has 0 heteroatoms. The van der Waals surface area contributed by atoms with Crippen molar-refractivity contribution >= 4 is 0 Å². The molecule has 5 aliphatic rings. The van der Waals surface area contributed by atoms with Crippen molar-refractivity contribution in [1.29, 1.82) is 0 Å². The first-order chi connectivity index (χ1) is 14.9. The molecule has 0 aromatic carbocycles. The van der Waals surface area contributed by atoms with Gasteiger partial charge in [-0.25, -0.2) is 0 Å². The highest BCUT2D eigenvalue weighted by Crippen LogP contribution is 2.73. The highest BCUT2D eigenvalue weighted by atomic mass is 14.7. The normalized spacial score (nSPS) is 49.5. The second-order valence-corrected chi connectivity index (χ2v) is 12.1. The molecule has 0 saturated heterocycles. The van der Waals surface area contributed by atoms with E-state index < -0.39 is 0 Å². The molecule has 0 nitrogen and oxygen atoms in total. The van der Waals surface area contributed by atoms with Crippen molar-refractivity contribution in [3.05, 3.63) is 0 Å². The summed E-state index contributed by atoms with van der Waals surface area (Å²) in [7, 11) is 0. The lowest BCUT2D eigenvalue weighted by Gasteiger charge is -2.66. The predicted octanol–water partition coefficient (Wildman–Crippen LogP) is 9.00. The van der Waals surface area contributed by atoms with Crippen LogP contribution in [0.2, 0.25) is 0 Å². The third kappa shape index (κ3) is 4.01. The van der Waals surface area contributed by atoms with Gasteiger partial charge in [-0.1, -0.05) is 60.8 Å². The Kier molecular flexibility index (Phi) is 8.82.